The van der Waals surface area contributed by atoms with Crippen LogP contribution in [0.3, 0.4) is 0 Å². The Bertz CT molecular complexity index is 323. The molecule has 1 rings (SSSR count). The van der Waals surface area contributed by atoms with Crippen LogP contribution in [0.1, 0.15) is 38.7 Å². The molecular formula is C15H25NO. The van der Waals surface area contributed by atoms with Crippen LogP contribution in [-0.4, -0.2) is 13.2 Å². The molecule has 0 aliphatic carbocycles. The summed E-state index contributed by atoms with van der Waals surface area (Å²) in [7, 11) is 0. The second-order valence-corrected chi connectivity index (χ2v) is 4.78. The maximum absolute atomic E-state index is 5.88. The SMILES string of the molecule is CCC(CC)(CN)CCOc1ccccc1C. The Morgan fingerprint density at radius 3 is 2.35 bits per heavy atom. The lowest BCUT2D eigenvalue weighted by atomic mass is 9.80. The standard InChI is InChI=1S/C15H25NO/c1-4-15(5-2,12-16)10-11-17-14-9-7-6-8-13(14)3/h6-9H,4-5,10-12,16H2,1-3H3. The molecule has 0 heterocycles. The molecule has 0 fully saturated rings. The van der Waals surface area contributed by atoms with Crippen LogP contribution in [0.25, 0.3) is 0 Å². The summed E-state index contributed by atoms with van der Waals surface area (Å²) in [4.78, 5) is 0. The van der Waals surface area contributed by atoms with Crippen molar-refractivity contribution in [3.63, 3.8) is 0 Å². The van der Waals surface area contributed by atoms with Crippen LogP contribution >= 0.6 is 0 Å². The Hall–Kier alpha value is -1.02. The van der Waals surface area contributed by atoms with E-state index in [2.05, 4.69) is 26.8 Å². The van der Waals surface area contributed by atoms with Gasteiger partial charge in [0.2, 0.25) is 0 Å². The molecule has 1 aromatic rings. The molecule has 0 unspecified atom stereocenters. The Labute approximate surface area is 105 Å². The van der Waals surface area contributed by atoms with Crippen molar-refractivity contribution in [3.8, 4) is 5.75 Å². The molecule has 0 amide bonds. The summed E-state index contributed by atoms with van der Waals surface area (Å²) in [5, 5.41) is 0. The van der Waals surface area contributed by atoms with Gasteiger partial charge in [0.05, 0.1) is 6.61 Å². The van der Waals surface area contributed by atoms with Crippen LogP contribution < -0.4 is 10.5 Å². The first kappa shape index (κ1) is 14.0. The maximum Gasteiger partial charge on any atom is 0.122 e. The number of hydrogen-bond donors (Lipinski definition) is 1. The average molecular weight is 235 g/mol. The van der Waals surface area contributed by atoms with E-state index < -0.39 is 0 Å². The summed E-state index contributed by atoms with van der Waals surface area (Å²) in [6, 6.07) is 8.14. The summed E-state index contributed by atoms with van der Waals surface area (Å²) in [6.07, 6.45) is 3.28. The number of benzene rings is 1. The molecule has 0 aromatic heterocycles. The topological polar surface area (TPSA) is 35.2 Å². The summed E-state index contributed by atoms with van der Waals surface area (Å²) in [5.74, 6) is 0.991. The molecule has 2 nitrogen and oxygen atoms in total. The number of rotatable bonds is 7. The van der Waals surface area contributed by atoms with Gasteiger partial charge < -0.3 is 10.5 Å². The van der Waals surface area contributed by atoms with Gasteiger partial charge in [-0.2, -0.15) is 0 Å². The second kappa shape index (κ2) is 6.65. The van der Waals surface area contributed by atoms with Gasteiger partial charge in [0.15, 0.2) is 0 Å². The Balaban J connectivity index is 2.49. The van der Waals surface area contributed by atoms with Crippen molar-refractivity contribution in [2.24, 2.45) is 11.1 Å². The lowest BCUT2D eigenvalue weighted by Crippen LogP contribution is -2.31. The van der Waals surface area contributed by atoms with Crippen LogP contribution in [0.4, 0.5) is 0 Å². The molecule has 17 heavy (non-hydrogen) atoms. The molecule has 0 bridgehead atoms. The predicted molar refractivity (Wildman–Crippen MR) is 73.4 cm³/mol. The van der Waals surface area contributed by atoms with Gasteiger partial charge in [-0.25, -0.2) is 0 Å². The van der Waals surface area contributed by atoms with E-state index in [9.17, 15) is 0 Å². The molecule has 0 saturated carbocycles. The number of hydrogen-bond acceptors (Lipinski definition) is 2. The predicted octanol–water partition coefficient (Wildman–Crippen LogP) is 3.53. The van der Waals surface area contributed by atoms with E-state index in [0.29, 0.717) is 0 Å². The summed E-state index contributed by atoms with van der Waals surface area (Å²) < 4.78 is 5.84. The van der Waals surface area contributed by atoms with Crippen LogP contribution in [0.2, 0.25) is 0 Å². The molecule has 2 N–H and O–H groups in total. The lowest BCUT2D eigenvalue weighted by molar-refractivity contribution is 0.186. The van der Waals surface area contributed by atoms with Crippen LogP contribution in [0.15, 0.2) is 24.3 Å². The molecule has 0 atom stereocenters. The van der Waals surface area contributed by atoms with Crippen molar-refractivity contribution in [1.29, 1.82) is 0 Å². The summed E-state index contributed by atoms with van der Waals surface area (Å²) in [6.45, 7) is 8.00. The van der Waals surface area contributed by atoms with Crippen molar-refractivity contribution >= 4 is 0 Å². The Morgan fingerprint density at radius 2 is 1.82 bits per heavy atom. The van der Waals surface area contributed by atoms with Gasteiger partial charge in [-0.3, -0.25) is 0 Å². The van der Waals surface area contributed by atoms with Crippen molar-refractivity contribution < 1.29 is 4.74 Å². The van der Waals surface area contributed by atoms with Crippen molar-refractivity contribution in [3.05, 3.63) is 29.8 Å². The zero-order valence-corrected chi connectivity index (χ0v) is 11.3. The molecule has 0 aliphatic heterocycles. The third kappa shape index (κ3) is 3.74. The van der Waals surface area contributed by atoms with Gasteiger partial charge in [0, 0.05) is 0 Å². The number of aryl methyl sites for hydroxylation is 1. The fourth-order valence-corrected chi connectivity index (χ4v) is 2.09. The first-order chi connectivity index (χ1) is 8.17. The van der Waals surface area contributed by atoms with E-state index in [1.807, 2.05) is 18.2 Å². The van der Waals surface area contributed by atoms with E-state index >= 15 is 0 Å². The fourth-order valence-electron chi connectivity index (χ4n) is 2.09. The molecule has 0 aliphatic rings. The van der Waals surface area contributed by atoms with Gasteiger partial charge in [0.1, 0.15) is 5.75 Å². The van der Waals surface area contributed by atoms with Crippen molar-refractivity contribution in [1.82, 2.24) is 0 Å². The van der Waals surface area contributed by atoms with Crippen LogP contribution in [-0.2, 0) is 0 Å². The minimum absolute atomic E-state index is 0.253. The monoisotopic (exact) mass is 235 g/mol. The lowest BCUT2D eigenvalue weighted by Gasteiger charge is -2.30. The molecule has 2 heteroatoms. The van der Waals surface area contributed by atoms with E-state index in [4.69, 9.17) is 10.5 Å². The van der Waals surface area contributed by atoms with Gasteiger partial charge >= 0.3 is 0 Å². The van der Waals surface area contributed by atoms with E-state index in [1.54, 1.807) is 0 Å². The highest BCUT2D eigenvalue weighted by Crippen LogP contribution is 2.29. The molecule has 1 aromatic carbocycles. The first-order valence-electron chi connectivity index (χ1n) is 6.56. The number of ether oxygens (including phenoxy) is 1. The fraction of sp³-hybridized carbons (Fsp3) is 0.600. The Morgan fingerprint density at radius 1 is 1.18 bits per heavy atom. The highest BCUT2D eigenvalue weighted by Gasteiger charge is 2.24. The zero-order chi connectivity index (χ0) is 12.7. The quantitative estimate of drug-likeness (QED) is 0.784. The molecule has 0 spiro atoms. The summed E-state index contributed by atoms with van der Waals surface area (Å²) in [5.41, 5.74) is 7.33. The molecule has 0 saturated heterocycles. The van der Waals surface area contributed by atoms with E-state index in [1.165, 1.54) is 5.56 Å². The van der Waals surface area contributed by atoms with Crippen LogP contribution in [0.5, 0.6) is 5.75 Å². The normalized spacial score (nSPS) is 11.5. The maximum atomic E-state index is 5.88. The van der Waals surface area contributed by atoms with Crippen molar-refractivity contribution in [2.75, 3.05) is 13.2 Å². The third-order valence-electron chi connectivity index (χ3n) is 3.92. The largest absolute Gasteiger partial charge is 0.493 e. The van der Waals surface area contributed by atoms with Gasteiger partial charge in [-0.05, 0) is 49.8 Å². The highest BCUT2D eigenvalue weighted by molar-refractivity contribution is 5.31. The zero-order valence-electron chi connectivity index (χ0n) is 11.3. The van der Waals surface area contributed by atoms with Crippen LogP contribution in [0, 0.1) is 12.3 Å². The van der Waals surface area contributed by atoms with Crippen molar-refractivity contribution in [2.45, 2.75) is 40.0 Å². The molecule has 0 radical (unpaired) electrons. The highest BCUT2D eigenvalue weighted by atomic mass is 16.5. The first-order valence-corrected chi connectivity index (χ1v) is 6.56. The minimum Gasteiger partial charge on any atom is -0.493 e. The van der Waals surface area contributed by atoms with E-state index in [0.717, 1.165) is 38.2 Å². The third-order valence-corrected chi connectivity index (χ3v) is 3.92. The van der Waals surface area contributed by atoms with Gasteiger partial charge in [-0.15, -0.1) is 0 Å². The molecule has 96 valence electrons. The number of nitrogens with two attached hydrogens (primary N) is 1. The Kier molecular flexibility index (Phi) is 5.49. The second-order valence-electron chi connectivity index (χ2n) is 4.78. The van der Waals surface area contributed by atoms with Gasteiger partial charge in [-0.1, -0.05) is 32.0 Å². The van der Waals surface area contributed by atoms with Gasteiger partial charge in [0.25, 0.3) is 0 Å². The average Bonchev–Trinajstić information content (AvgIpc) is 2.37. The summed E-state index contributed by atoms with van der Waals surface area (Å²) >= 11 is 0. The smallest absolute Gasteiger partial charge is 0.122 e. The number of para-hydroxylation sites is 1. The van der Waals surface area contributed by atoms with E-state index in [-0.39, 0.29) is 5.41 Å². The molecular weight excluding hydrogens is 210 g/mol. The minimum atomic E-state index is 0.253.